The van der Waals surface area contributed by atoms with E-state index in [0.29, 0.717) is 6.04 Å². The summed E-state index contributed by atoms with van der Waals surface area (Å²) in [5, 5.41) is 3.57. The monoisotopic (exact) mass is 207 g/mol. The molecule has 2 rings (SSSR count). The average Bonchev–Trinajstić information content (AvgIpc) is 2.68. The van der Waals surface area contributed by atoms with Crippen molar-refractivity contribution >= 4 is 0 Å². The van der Waals surface area contributed by atoms with Gasteiger partial charge in [-0.05, 0) is 57.4 Å². The molecule has 1 N–H and O–H groups in total. The molecule has 0 heterocycles. The van der Waals surface area contributed by atoms with Gasteiger partial charge in [0.25, 0.3) is 0 Å². The van der Waals surface area contributed by atoms with Crippen LogP contribution in [0.25, 0.3) is 0 Å². The fourth-order valence-electron chi connectivity index (χ4n) is 3.42. The van der Waals surface area contributed by atoms with Gasteiger partial charge < -0.3 is 5.32 Å². The van der Waals surface area contributed by atoms with Gasteiger partial charge in [-0.3, -0.25) is 0 Å². The van der Waals surface area contributed by atoms with Gasteiger partial charge in [-0.15, -0.1) is 0 Å². The lowest BCUT2D eigenvalue weighted by atomic mass is 9.85. The number of nitrogens with one attached hydrogen (secondary N) is 1. The van der Waals surface area contributed by atoms with Gasteiger partial charge in [-0.25, -0.2) is 0 Å². The minimum atomic E-state index is 0.690. The normalized spacial score (nSPS) is 33.9. The van der Waals surface area contributed by atoms with Crippen LogP contribution in [0.4, 0.5) is 0 Å². The van der Waals surface area contributed by atoms with Gasteiger partial charge in [0.2, 0.25) is 0 Å². The Morgan fingerprint density at radius 3 is 2.73 bits per heavy atom. The molecule has 0 bridgehead atoms. The summed E-state index contributed by atoms with van der Waals surface area (Å²) in [5.74, 6) is 1.87. The Morgan fingerprint density at radius 2 is 2.20 bits per heavy atom. The van der Waals surface area contributed by atoms with Crippen LogP contribution in [0, 0.1) is 11.8 Å². The van der Waals surface area contributed by atoms with E-state index in [-0.39, 0.29) is 0 Å². The molecule has 2 aliphatic rings. The molecule has 3 unspecified atom stereocenters. The first-order chi connectivity index (χ1) is 7.31. The minimum Gasteiger partial charge on any atom is -0.313 e. The Labute approximate surface area is 94.3 Å². The fourth-order valence-corrected chi connectivity index (χ4v) is 3.42. The van der Waals surface area contributed by atoms with Crippen LogP contribution in [0.15, 0.2) is 11.6 Å². The molecule has 1 nitrogen and oxygen atoms in total. The van der Waals surface area contributed by atoms with Crippen molar-refractivity contribution in [2.75, 3.05) is 7.05 Å². The largest absolute Gasteiger partial charge is 0.313 e. The van der Waals surface area contributed by atoms with Gasteiger partial charge in [-0.1, -0.05) is 25.0 Å². The first-order valence-electron chi connectivity index (χ1n) is 6.67. The molecule has 2 aliphatic carbocycles. The second kappa shape index (κ2) is 5.16. The van der Waals surface area contributed by atoms with E-state index in [1.165, 1.54) is 44.9 Å². The van der Waals surface area contributed by atoms with E-state index in [1.54, 1.807) is 5.57 Å². The summed E-state index contributed by atoms with van der Waals surface area (Å²) in [7, 11) is 2.14. The van der Waals surface area contributed by atoms with Crippen molar-refractivity contribution in [2.24, 2.45) is 11.8 Å². The zero-order valence-electron chi connectivity index (χ0n) is 10.3. The van der Waals surface area contributed by atoms with Crippen molar-refractivity contribution in [1.82, 2.24) is 5.32 Å². The van der Waals surface area contributed by atoms with Crippen LogP contribution in [-0.4, -0.2) is 13.1 Å². The Bertz CT molecular complexity index is 231. The fraction of sp³-hybridized carbons (Fsp3) is 0.857. The van der Waals surface area contributed by atoms with E-state index in [4.69, 9.17) is 0 Å². The van der Waals surface area contributed by atoms with Crippen LogP contribution < -0.4 is 5.32 Å². The van der Waals surface area contributed by atoms with Crippen molar-refractivity contribution in [3.63, 3.8) is 0 Å². The Morgan fingerprint density at radius 1 is 1.33 bits per heavy atom. The number of rotatable bonds is 3. The Balaban J connectivity index is 1.99. The van der Waals surface area contributed by atoms with E-state index in [0.717, 1.165) is 11.8 Å². The molecule has 0 amide bonds. The van der Waals surface area contributed by atoms with Crippen molar-refractivity contribution in [2.45, 2.75) is 57.9 Å². The maximum absolute atomic E-state index is 3.57. The Kier molecular flexibility index (Phi) is 3.85. The maximum Gasteiger partial charge on any atom is 0.0305 e. The number of allylic oxidation sites excluding steroid dienone is 1. The third kappa shape index (κ3) is 2.63. The standard InChI is InChI=1S/C14H25N/c1-11-8-9-13(10-11)14(15-2)12-6-4-3-5-7-12/h6,11,13-15H,3-5,7-10H2,1-2H3. The van der Waals surface area contributed by atoms with E-state index in [2.05, 4.69) is 25.4 Å². The zero-order chi connectivity index (χ0) is 10.7. The molecule has 1 fully saturated rings. The molecule has 0 aromatic carbocycles. The van der Waals surface area contributed by atoms with Gasteiger partial charge in [0, 0.05) is 6.04 Å². The highest BCUT2D eigenvalue weighted by Crippen LogP contribution is 2.36. The highest BCUT2D eigenvalue weighted by atomic mass is 14.9. The first-order valence-corrected chi connectivity index (χ1v) is 6.67. The summed E-state index contributed by atoms with van der Waals surface area (Å²) in [5.41, 5.74) is 1.71. The molecular formula is C14H25N. The summed E-state index contributed by atoms with van der Waals surface area (Å²) in [4.78, 5) is 0. The van der Waals surface area contributed by atoms with Crippen LogP contribution >= 0.6 is 0 Å². The quantitative estimate of drug-likeness (QED) is 0.698. The maximum atomic E-state index is 3.57. The van der Waals surface area contributed by atoms with Crippen LogP contribution in [0.1, 0.15) is 51.9 Å². The van der Waals surface area contributed by atoms with E-state index < -0.39 is 0 Å². The first kappa shape index (κ1) is 11.2. The highest BCUT2D eigenvalue weighted by molar-refractivity contribution is 5.15. The molecular weight excluding hydrogens is 182 g/mol. The number of hydrogen-bond acceptors (Lipinski definition) is 1. The van der Waals surface area contributed by atoms with Gasteiger partial charge in [0.1, 0.15) is 0 Å². The lowest BCUT2D eigenvalue weighted by molar-refractivity contribution is 0.395. The van der Waals surface area contributed by atoms with E-state index in [9.17, 15) is 0 Å². The van der Waals surface area contributed by atoms with Gasteiger partial charge in [0.15, 0.2) is 0 Å². The molecule has 86 valence electrons. The second-order valence-corrected chi connectivity index (χ2v) is 5.47. The van der Waals surface area contributed by atoms with Crippen molar-refractivity contribution in [3.05, 3.63) is 11.6 Å². The topological polar surface area (TPSA) is 12.0 Å². The molecule has 0 aromatic heterocycles. The van der Waals surface area contributed by atoms with Crippen molar-refractivity contribution in [3.8, 4) is 0 Å². The molecule has 0 saturated heterocycles. The van der Waals surface area contributed by atoms with Crippen LogP contribution in [0.2, 0.25) is 0 Å². The summed E-state index contributed by atoms with van der Waals surface area (Å²) < 4.78 is 0. The third-order valence-corrected chi connectivity index (χ3v) is 4.24. The molecule has 0 radical (unpaired) electrons. The van der Waals surface area contributed by atoms with Gasteiger partial charge in [0.05, 0.1) is 0 Å². The predicted octanol–water partition coefficient (Wildman–Crippen LogP) is 3.51. The molecule has 0 spiro atoms. The van der Waals surface area contributed by atoms with Crippen molar-refractivity contribution < 1.29 is 0 Å². The summed E-state index contributed by atoms with van der Waals surface area (Å²) in [6.45, 7) is 2.40. The SMILES string of the molecule is CNC(C1=CCCCC1)C1CCC(C)C1. The number of hydrogen-bond donors (Lipinski definition) is 1. The van der Waals surface area contributed by atoms with E-state index >= 15 is 0 Å². The highest BCUT2D eigenvalue weighted by Gasteiger charge is 2.30. The Hall–Kier alpha value is -0.300. The zero-order valence-corrected chi connectivity index (χ0v) is 10.3. The lowest BCUT2D eigenvalue weighted by Crippen LogP contribution is -2.34. The molecule has 3 atom stereocenters. The second-order valence-electron chi connectivity index (χ2n) is 5.47. The average molecular weight is 207 g/mol. The molecule has 0 aliphatic heterocycles. The van der Waals surface area contributed by atoms with Crippen molar-refractivity contribution in [1.29, 1.82) is 0 Å². The summed E-state index contributed by atoms with van der Waals surface area (Å²) in [6.07, 6.45) is 12.3. The molecule has 1 heteroatoms. The molecule has 1 saturated carbocycles. The van der Waals surface area contributed by atoms with Crippen LogP contribution in [0.5, 0.6) is 0 Å². The minimum absolute atomic E-state index is 0.690. The van der Waals surface area contributed by atoms with Gasteiger partial charge >= 0.3 is 0 Å². The predicted molar refractivity (Wildman–Crippen MR) is 65.9 cm³/mol. The van der Waals surface area contributed by atoms with Crippen LogP contribution in [0.3, 0.4) is 0 Å². The number of likely N-dealkylation sites (N-methyl/N-ethyl adjacent to an activating group) is 1. The summed E-state index contributed by atoms with van der Waals surface area (Å²) >= 11 is 0. The van der Waals surface area contributed by atoms with Crippen LogP contribution in [-0.2, 0) is 0 Å². The molecule has 0 aromatic rings. The van der Waals surface area contributed by atoms with E-state index in [1.807, 2.05) is 0 Å². The lowest BCUT2D eigenvalue weighted by Gasteiger charge is -2.28. The smallest absolute Gasteiger partial charge is 0.0305 e. The van der Waals surface area contributed by atoms with Gasteiger partial charge in [-0.2, -0.15) is 0 Å². The summed E-state index contributed by atoms with van der Waals surface area (Å²) in [6, 6.07) is 0.690. The molecule has 15 heavy (non-hydrogen) atoms. The third-order valence-electron chi connectivity index (χ3n) is 4.24.